The van der Waals surface area contributed by atoms with Gasteiger partial charge in [-0.1, -0.05) is 27.7 Å². The Morgan fingerprint density at radius 3 is 2.12 bits per heavy atom. The first-order chi connectivity index (χ1) is 11.8. The highest BCUT2D eigenvalue weighted by atomic mass is 32.2. The van der Waals surface area contributed by atoms with Crippen molar-refractivity contribution in [1.82, 2.24) is 15.7 Å². The van der Waals surface area contributed by atoms with Crippen molar-refractivity contribution in [3.05, 3.63) is 0 Å². The number of nitrogens with one attached hydrogen (secondary N) is 2. The number of hydrogen-bond donors (Lipinski definition) is 2. The Balaban J connectivity index is 5.06. The van der Waals surface area contributed by atoms with E-state index in [1.165, 1.54) is 4.90 Å². The number of nitrogens with zero attached hydrogens (tertiary/aromatic N) is 1. The van der Waals surface area contributed by atoms with Crippen LogP contribution in [0.3, 0.4) is 0 Å². The Kier molecular flexibility index (Phi) is 10.8. The molecule has 0 fully saturated rings. The molecule has 0 spiro atoms. The highest BCUT2D eigenvalue weighted by Gasteiger charge is 2.35. The summed E-state index contributed by atoms with van der Waals surface area (Å²) in [5.74, 6) is 1.46. The summed E-state index contributed by atoms with van der Waals surface area (Å²) in [4.78, 5) is 32.5. The summed E-state index contributed by atoms with van der Waals surface area (Å²) >= 11 is 1.80. The Labute approximate surface area is 164 Å². The number of thioether (sulfide) groups is 1. The van der Waals surface area contributed by atoms with Gasteiger partial charge in [0, 0.05) is 20.6 Å². The van der Waals surface area contributed by atoms with Crippen molar-refractivity contribution in [3.8, 4) is 0 Å². The molecule has 0 heterocycles. The topological polar surface area (TPSA) is 70.7 Å². The van der Waals surface area contributed by atoms with Crippen LogP contribution in [0.1, 0.15) is 54.9 Å². The van der Waals surface area contributed by atoms with Crippen molar-refractivity contribution < 1.29 is 14.4 Å². The second-order valence-electron chi connectivity index (χ2n) is 8.79. The molecule has 0 aromatic rings. The van der Waals surface area contributed by atoms with E-state index in [2.05, 4.69) is 17.7 Å². The predicted octanol–water partition coefficient (Wildman–Crippen LogP) is 2.68. The molecule has 0 bridgehead atoms. The quantitative estimate of drug-likeness (QED) is 0.444. The van der Waals surface area contributed by atoms with Gasteiger partial charge in [0.2, 0.25) is 11.8 Å². The number of carbonyl (C=O) groups is 2. The van der Waals surface area contributed by atoms with E-state index in [1.807, 2.05) is 41.5 Å². The minimum absolute atomic E-state index is 0.0913. The first-order valence-electron chi connectivity index (χ1n) is 9.29. The van der Waals surface area contributed by atoms with Crippen LogP contribution >= 0.6 is 11.8 Å². The van der Waals surface area contributed by atoms with Crippen molar-refractivity contribution in [2.45, 2.75) is 66.5 Å². The standard InChI is InChI=1S/C19H39N3O3S/c1-10-26-12-11-14(13-20-25-19(5,6)7)16(23)21-15(18(2,3)4)17(24)22(8)9/h14-15,20H,10-13H2,1-9H3,(H,21,23)/t14-,15-/m1/s1. The average Bonchev–Trinajstić information content (AvgIpc) is 2.47. The van der Waals surface area contributed by atoms with Crippen molar-refractivity contribution in [1.29, 1.82) is 0 Å². The van der Waals surface area contributed by atoms with E-state index in [-0.39, 0.29) is 28.7 Å². The molecule has 0 unspecified atom stereocenters. The molecule has 2 amide bonds. The minimum atomic E-state index is -0.560. The van der Waals surface area contributed by atoms with E-state index >= 15 is 0 Å². The third-order valence-corrected chi connectivity index (χ3v) is 4.67. The highest BCUT2D eigenvalue weighted by Crippen LogP contribution is 2.22. The molecule has 0 rings (SSSR count). The number of amides is 2. The lowest BCUT2D eigenvalue weighted by atomic mass is 9.85. The van der Waals surface area contributed by atoms with Crippen LogP contribution in [0.4, 0.5) is 0 Å². The first-order valence-corrected chi connectivity index (χ1v) is 10.4. The van der Waals surface area contributed by atoms with Crippen LogP contribution in [0.25, 0.3) is 0 Å². The van der Waals surface area contributed by atoms with Crippen molar-refractivity contribution in [3.63, 3.8) is 0 Å². The summed E-state index contributed by atoms with van der Waals surface area (Å²) in [6.07, 6.45) is 0.734. The van der Waals surface area contributed by atoms with Gasteiger partial charge in [0.25, 0.3) is 0 Å². The fraction of sp³-hybridized carbons (Fsp3) is 0.895. The summed E-state index contributed by atoms with van der Waals surface area (Å²) in [7, 11) is 3.42. The smallest absolute Gasteiger partial charge is 0.245 e. The third-order valence-electron chi connectivity index (χ3n) is 3.73. The molecule has 0 aliphatic rings. The number of carbonyl (C=O) groups excluding carboxylic acids is 2. The molecule has 0 saturated carbocycles. The van der Waals surface area contributed by atoms with E-state index in [9.17, 15) is 9.59 Å². The van der Waals surface area contributed by atoms with Crippen LogP contribution < -0.4 is 10.8 Å². The zero-order valence-electron chi connectivity index (χ0n) is 18.1. The van der Waals surface area contributed by atoms with Gasteiger partial charge in [-0.3, -0.25) is 14.4 Å². The average molecular weight is 390 g/mol. The molecular weight excluding hydrogens is 350 g/mol. The summed E-state index contributed by atoms with van der Waals surface area (Å²) in [6.45, 7) is 14.3. The highest BCUT2D eigenvalue weighted by molar-refractivity contribution is 7.99. The largest absolute Gasteiger partial charge is 0.347 e. The lowest BCUT2D eigenvalue weighted by Gasteiger charge is -2.33. The van der Waals surface area contributed by atoms with Gasteiger partial charge in [0.05, 0.1) is 11.5 Å². The zero-order valence-corrected chi connectivity index (χ0v) is 18.9. The summed E-state index contributed by atoms with van der Waals surface area (Å²) in [5.41, 5.74) is 2.24. The summed E-state index contributed by atoms with van der Waals surface area (Å²) in [5, 5.41) is 2.98. The second kappa shape index (κ2) is 11.1. The minimum Gasteiger partial charge on any atom is -0.347 e. The van der Waals surface area contributed by atoms with Gasteiger partial charge in [0.15, 0.2) is 0 Å². The molecule has 2 atom stereocenters. The summed E-state index contributed by atoms with van der Waals surface area (Å²) in [6, 6.07) is -0.560. The lowest BCUT2D eigenvalue weighted by molar-refractivity contribution is -0.139. The van der Waals surface area contributed by atoms with E-state index in [1.54, 1.807) is 25.9 Å². The van der Waals surface area contributed by atoms with E-state index in [0.717, 1.165) is 17.9 Å². The van der Waals surface area contributed by atoms with Gasteiger partial charge in [0.1, 0.15) is 6.04 Å². The molecule has 0 aromatic heterocycles. The van der Waals surface area contributed by atoms with Crippen LogP contribution in [0.15, 0.2) is 0 Å². The van der Waals surface area contributed by atoms with Crippen LogP contribution in [0, 0.1) is 11.3 Å². The Bertz CT molecular complexity index is 442. The third kappa shape index (κ3) is 10.4. The summed E-state index contributed by atoms with van der Waals surface area (Å²) < 4.78 is 0. The normalized spacial score (nSPS) is 14.7. The van der Waals surface area contributed by atoms with Gasteiger partial charge in [-0.15, -0.1) is 0 Å². The molecule has 2 N–H and O–H groups in total. The Hall–Kier alpha value is -0.790. The fourth-order valence-electron chi connectivity index (χ4n) is 2.22. The molecule has 154 valence electrons. The molecule has 6 nitrogen and oxygen atoms in total. The monoisotopic (exact) mass is 389 g/mol. The van der Waals surface area contributed by atoms with Crippen molar-refractivity contribution >= 4 is 23.6 Å². The first kappa shape index (κ1) is 25.2. The molecule has 26 heavy (non-hydrogen) atoms. The predicted molar refractivity (Wildman–Crippen MR) is 110 cm³/mol. The number of likely N-dealkylation sites (N-methyl/N-ethyl adjacent to an activating group) is 1. The van der Waals surface area contributed by atoms with E-state index in [0.29, 0.717) is 6.54 Å². The molecule has 0 aliphatic heterocycles. The lowest BCUT2D eigenvalue weighted by Crippen LogP contribution is -2.55. The Morgan fingerprint density at radius 2 is 1.69 bits per heavy atom. The van der Waals surface area contributed by atoms with Gasteiger partial charge in [-0.05, 0) is 44.1 Å². The van der Waals surface area contributed by atoms with Crippen molar-refractivity contribution in [2.75, 3.05) is 32.1 Å². The van der Waals surface area contributed by atoms with Crippen LogP contribution in [-0.2, 0) is 14.4 Å². The number of hydroxylamine groups is 1. The SMILES string of the molecule is CCSCC[C@H](CNOC(C)(C)C)C(=O)N[C@H](C(=O)N(C)C)C(C)(C)C. The number of hydrogen-bond acceptors (Lipinski definition) is 5. The molecule has 0 aliphatic carbocycles. The van der Waals surface area contributed by atoms with Crippen LogP contribution in [-0.4, -0.2) is 60.5 Å². The number of rotatable bonds is 10. The molecule has 7 heteroatoms. The maximum Gasteiger partial charge on any atom is 0.245 e. The maximum absolute atomic E-state index is 12.9. The van der Waals surface area contributed by atoms with Crippen LogP contribution in [0.5, 0.6) is 0 Å². The van der Waals surface area contributed by atoms with Gasteiger partial charge >= 0.3 is 0 Å². The van der Waals surface area contributed by atoms with Gasteiger partial charge < -0.3 is 10.2 Å². The molecule has 0 saturated heterocycles. The zero-order chi connectivity index (χ0) is 20.5. The second-order valence-corrected chi connectivity index (χ2v) is 10.2. The van der Waals surface area contributed by atoms with E-state index in [4.69, 9.17) is 4.84 Å². The van der Waals surface area contributed by atoms with Gasteiger partial charge in [-0.2, -0.15) is 11.8 Å². The fourth-order valence-corrected chi connectivity index (χ4v) is 2.96. The van der Waals surface area contributed by atoms with E-state index < -0.39 is 6.04 Å². The van der Waals surface area contributed by atoms with Crippen molar-refractivity contribution in [2.24, 2.45) is 11.3 Å². The Morgan fingerprint density at radius 1 is 1.12 bits per heavy atom. The maximum atomic E-state index is 12.9. The molecule has 0 radical (unpaired) electrons. The molecule has 0 aromatic carbocycles. The molecular formula is C19H39N3O3S. The van der Waals surface area contributed by atoms with Gasteiger partial charge in [-0.25, -0.2) is 5.48 Å². The van der Waals surface area contributed by atoms with Crippen LogP contribution in [0.2, 0.25) is 0 Å².